The maximum Gasteiger partial charge on any atom is 0.340 e. The zero-order chi connectivity index (χ0) is 15.0. The molecule has 0 spiro atoms. The molecule has 0 aliphatic rings. The number of nitrogens with zero attached hydrogens (tertiary/aromatic N) is 5. The highest BCUT2D eigenvalue weighted by Gasteiger charge is 2.32. The first kappa shape index (κ1) is 15.6. The van der Waals surface area contributed by atoms with Gasteiger partial charge in [0.1, 0.15) is 12.1 Å². The molecule has 19 heavy (non-hydrogen) atoms. The van der Waals surface area contributed by atoms with Gasteiger partial charge in [-0.3, -0.25) is 15.0 Å². The van der Waals surface area contributed by atoms with Crippen LogP contribution in [0, 0.1) is 32.5 Å². The van der Waals surface area contributed by atoms with E-state index in [0.717, 1.165) is 12.1 Å². The van der Waals surface area contributed by atoms with E-state index in [9.17, 15) is 24.2 Å². The first-order chi connectivity index (χ1) is 8.92. The topological polar surface area (TPSA) is 199 Å². The van der Waals surface area contributed by atoms with Crippen molar-refractivity contribution >= 4 is 17.8 Å². The predicted octanol–water partition coefficient (Wildman–Crippen LogP) is -1.76. The number of carbonyl (C=O) groups is 3. The zero-order valence-electron chi connectivity index (χ0n) is 9.01. The fourth-order valence-electron chi connectivity index (χ4n) is 0.766. The van der Waals surface area contributed by atoms with Crippen LogP contribution in [0.5, 0.6) is 0 Å². The molecule has 98 valence electrons. The van der Waals surface area contributed by atoms with Crippen LogP contribution in [-0.2, 0) is 9.59 Å². The molecule has 0 aromatic heterocycles. The lowest BCUT2D eigenvalue weighted by molar-refractivity contribution is -0.137. The van der Waals surface area contributed by atoms with Gasteiger partial charge in [0.2, 0.25) is 0 Å². The smallest absolute Gasteiger partial charge is 0.340 e. The van der Waals surface area contributed by atoms with Crippen LogP contribution < -0.4 is 11.2 Å². The Balaban J connectivity index is 5.12. The molecule has 0 rings (SSSR count). The highest BCUT2D eigenvalue weighted by atomic mass is 16.3. The van der Waals surface area contributed by atoms with Gasteiger partial charge in [-0.1, -0.05) is 0 Å². The molecule has 0 aromatic rings. The van der Waals surface area contributed by atoms with Gasteiger partial charge in [-0.25, -0.2) is 4.79 Å². The van der Waals surface area contributed by atoms with E-state index in [1.54, 1.807) is 0 Å². The molecular weight excluding hydrogens is 262 g/mol. The molecule has 3 N–H and O–H groups in total. The lowest BCUT2D eigenvalue weighted by Crippen LogP contribution is -2.56. The molecule has 0 saturated carbocycles. The zero-order valence-corrected chi connectivity index (χ0v) is 9.01. The monoisotopic (exact) mass is 267 g/mol. The van der Waals surface area contributed by atoms with Crippen molar-refractivity contribution < 1.29 is 14.4 Å². The molecule has 0 aliphatic heterocycles. The Bertz CT molecular complexity index is 503. The Hall–Kier alpha value is -3.41. The van der Waals surface area contributed by atoms with Crippen molar-refractivity contribution in [3.05, 3.63) is 9.81 Å². The van der Waals surface area contributed by atoms with Gasteiger partial charge < -0.3 is 5.73 Å². The molecule has 0 bridgehead atoms. The minimum Gasteiger partial charge on any atom is -0.350 e. The SMILES string of the molecule is N#CC(N=O)C(=O)NN(C(N)=O)C(=O)C(C#N)N=O. The molecule has 2 atom stereocenters. The summed E-state index contributed by atoms with van der Waals surface area (Å²) in [5.41, 5.74) is 6.19. The first-order valence-corrected chi connectivity index (χ1v) is 4.31. The van der Waals surface area contributed by atoms with Crippen molar-refractivity contribution in [2.24, 2.45) is 16.1 Å². The normalized spacial score (nSPS) is 11.9. The van der Waals surface area contributed by atoms with Crippen molar-refractivity contribution in [3.8, 4) is 12.1 Å². The number of carbonyl (C=O) groups excluding carboxylic acids is 3. The van der Waals surface area contributed by atoms with Gasteiger partial charge in [0.15, 0.2) is 0 Å². The second kappa shape index (κ2) is 7.02. The van der Waals surface area contributed by atoms with Crippen LogP contribution in [0.25, 0.3) is 0 Å². The number of primary amides is 1. The van der Waals surface area contributed by atoms with Crippen LogP contribution in [0.2, 0.25) is 0 Å². The molecule has 0 heterocycles. The third kappa shape index (κ3) is 3.82. The van der Waals surface area contributed by atoms with E-state index in [4.69, 9.17) is 16.3 Å². The number of nitrogens with two attached hydrogens (primary N) is 1. The van der Waals surface area contributed by atoms with E-state index in [1.165, 1.54) is 5.43 Å². The second-order valence-electron chi connectivity index (χ2n) is 2.76. The highest BCUT2D eigenvalue weighted by molar-refractivity contribution is 6.00. The van der Waals surface area contributed by atoms with Crippen LogP contribution in [0.1, 0.15) is 0 Å². The van der Waals surface area contributed by atoms with Crippen molar-refractivity contribution in [1.82, 2.24) is 10.4 Å². The molecule has 4 amide bonds. The maximum atomic E-state index is 11.4. The molecule has 0 aliphatic carbocycles. The largest absolute Gasteiger partial charge is 0.350 e. The van der Waals surface area contributed by atoms with Gasteiger partial charge in [-0.05, 0) is 10.4 Å². The van der Waals surface area contributed by atoms with Gasteiger partial charge in [-0.15, -0.1) is 9.81 Å². The number of nitrogens with one attached hydrogen (secondary N) is 1. The summed E-state index contributed by atoms with van der Waals surface area (Å²) in [6.07, 6.45) is 0. The van der Waals surface area contributed by atoms with Gasteiger partial charge in [0.25, 0.3) is 23.9 Å². The molecule has 12 nitrogen and oxygen atoms in total. The number of hydrogen-bond acceptors (Lipinski definition) is 9. The summed E-state index contributed by atoms with van der Waals surface area (Å²) >= 11 is 0. The summed E-state index contributed by atoms with van der Waals surface area (Å²) in [6, 6.07) is -3.42. The Morgan fingerprint density at radius 3 is 1.89 bits per heavy atom. The summed E-state index contributed by atoms with van der Waals surface area (Å²) in [5, 5.41) is 20.7. The number of nitroso groups, excluding NO2 is 2. The summed E-state index contributed by atoms with van der Waals surface area (Å²) < 4.78 is 0. The third-order valence-corrected chi connectivity index (χ3v) is 1.60. The van der Waals surface area contributed by atoms with E-state index >= 15 is 0 Å². The average molecular weight is 267 g/mol. The van der Waals surface area contributed by atoms with E-state index in [2.05, 4.69) is 10.4 Å². The minimum absolute atomic E-state index is 0.215. The summed E-state index contributed by atoms with van der Waals surface area (Å²) in [5.74, 6) is -2.98. The molecule has 12 heteroatoms. The van der Waals surface area contributed by atoms with Crippen molar-refractivity contribution in [2.75, 3.05) is 0 Å². The highest BCUT2D eigenvalue weighted by Crippen LogP contribution is 1.98. The van der Waals surface area contributed by atoms with E-state index in [1.807, 2.05) is 0 Å². The summed E-state index contributed by atoms with van der Waals surface area (Å²) in [4.78, 5) is 53.7. The van der Waals surface area contributed by atoms with Crippen LogP contribution >= 0.6 is 0 Å². The summed E-state index contributed by atoms with van der Waals surface area (Å²) in [6.45, 7) is 0. The number of nitriles is 2. The van der Waals surface area contributed by atoms with Gasteiger partial charge >= 0.3 is 6.03 Å². The fraction of sp³-hybridized carbons (Fsp3) is 0.286. The number of imide groups is 1. The number of hydrogen-bond donors (Lipinski definition) is 2. The number of hydrazine groups is 1. The predicted molar refractivity (Wildman–Crippen MR) is 55.0 cm³/mol. The third-order valence-electron chi connectivity index (χ3n) is 1.60. The Morgan fingerprint density at radius 2 is 1.58 bits per heavy atom. The lowest BCUT2D eigenvalue weighted by atomic mass is 10.3. The molecule has 2 unspecified atom stereocenters. The van der Waals surface area contributed by atoms with Crippen molar-refractivity contribution in [1.29, 1.82) is 10.5 Å². The van der Waals surface area contributed by atoms with Crippen LogP contribution in [-0.4, -0.2) is 34.9 Å². The number of urea groups is 1. The molecule has 0 aromatic carbocycles. The Kier molecular flexibility index (Phi) is 5.76. The Labute approximate surface area is 104 Å². The Morgan fingerprint density at radius 1 is 1.11 bits per heavy atom. The van der Waals surface area contributed by atoms with Gasteiger partial charge in [0, 0.05) is 0 Å². The fourth-order valence-corrected chi connectivity index (χ4v) is 0.766. The van der Waals surface area contributed by atoms with Crippen LogP contribution in [0.4, 0.5) is 4.79 Å². The lowest BCUT2D eigenvalue weighted by Gasteiger charge is -2.19. The van der Waals surface area contributed by atoms with Crippen molar-refractivity contribution in [2.45, 2.75) is 12.1 Å². The summed E-state index contributed by atoms with van der Waals surface area (Å²) in [7, 11) is 0. The van der Waals surface area contributed by atoms with Gasteiger partial charge in [0.05, 0.1) is 0 Å². The molecular formula is C7H5N7O5. The minimum atomic E-state index is -2.13. The van der Waals surface area contributed by atoms with E-state index in [-0.39, 0.29) is 5.01 Å². The number of rotatable bonds is 4. The average Bonchev–Trinajstić information content (AvgIpc) is 2.38. The second-order valence-corrected chi connectivity index (χ2v) is 2.76. The van der Waals surface area contributed by atoms with E-state index in [0.29, 0.717) is 0 Å². The van der Waals surface area contributed by atoms with Crippen LogP contribution in [0.3, 0.4) is 0 Å². The van der Waals surface area contributed by atoms with Crippen LogP contribution in [0.15, 0.2) is 10.4 Å². The molecule has 0 fully saturated rings. The molecule has 0 saturated heterocycles. The quantitative estimate of drug-likeness (QED) is 0.443. The number of amides is 4. The first-order valence-electron chi connectivity index (χ1n) is 4.31. The standard InChI is InChI=1S/C7H5N7O5/c8-1-3(12-18)5(15)11-14(7(10)17)6(16)4(2-9)13-19/h3-4H,(H2,10,17)(H,11,15). The van der Waals surface area contributed by atoms with Gasteiger partial charge in [-0.2, -0.15) is 15.5 Å². The van der Waals surface area contributed by atoms with Crippen molar-refractivity contribution in [3.63, 3.8) is 0 Å². The maximum absolute atomic E-state index is 11.4. The molecule has 0 radical (unpaired) electrons. The van der Waals surface area contributed by atoms with E-state index < -0.39 is 29.9 Å².